The molecule has 0 bridgehead atoms. The first-order valence-corrected chi connectivity index (χ1v) is 51.0. The highest BCUT2D eigenvalue weighted by atomic mass is 32.2. The number of rotatable bonds is 9. The molecule has 6 heteroatoms. The highest BCUT2D eigenvalue weighted by Gasteiger charge is 2.56. The molecule has 30 rings (SSSR count). The zero-order chi connectivity index (χ0) is 90.3. The predicted molar refractivity (Wildman–Crippen MR) is 573 cm³/mol. The molecular weight excluding hydrogens is 1740 g/mol. The van der Waals surface area contributed by atoms with Gasteiger partial charge in [-0.15, -0.1) is 0 Å². The quantitative estimate of drug-likeness (QED) is 0.141. The van der Waals surface area contributed by atoms with Gasteiger partial charge in [0, 0.05) is 73.3 Å². The van der Waals surface area contributed by atoms with Crippen LogP contribution in [0.4, 0.5) is 34.1 Å². The second-order valence-corrected chi connectivity index (χ2v) is 42.0. The highest BCUT2D eigenvalue weighted by Crippen LogP contribution is 2.70. The predicted octanol–water partition coefficient (Wildman–Crippen LogP) is 35.2. The summed E-state index contributed by atoms with van der Waals surface area (Å²) in [6.45, 7) is 0. The maximum Gasteiger partial charge on any atom is 0.0736 e. The molecule has 0 saturated carbocycles. The molecule has 2 nitrogen and oxygen atoms in total. The van der Waals surface area contributed by atoms with Gasteiger partial charge in [0.25, 0.3) is 0 Å². The Kier molecular flexibility index (Phi) is 17.1. The second kappa shape index (κ2) is 29.9. The molecule has 642 valence electrons. The molecule has 1 atom stereocenters. The normalized spacial score (nSPS) is 15.3. The minimum absolute atomic E-state index is 0.518. The van der Waals surface area contributed by atoms with Gasteiger partial charge in [0.1, 0.15) is 0 Å². The van der Waals surface area contributed by atoms with Crippen LogP contribution in [-0.4, -0.2) is 0 Å². The average Bonchev–Trinajstić information content (AvgIpc) is 1.55. The first-order valence-electron chi connectivity index (χ1n) is 47.7. The summed E-state index contributed by atoms with van der Waals surface area (Å²) in [4.78, 5) is 15.4. The van der Waals surface area contributed by atoms with Crippen molar-refractivity contribution in [3.63, 3.8) is 0 Å². The Morgan fingerprint density at radius 3 is 0.848 bits per heavy atom. The molecule has 22 aromatic carbocycles. The van der Waals surface area contributed by atoms with Crippen LogP contribution in [0.5, 0.6) is 0 Å². The van der Waals surface area contributed by atoms with Crippen LogP contribution in [0.3, 0.4) is 0 Å². The number of anilines is 6. The summed E-state index contributed by atoms with van der Waals surface area (Å²) in [6, 6.07) is 186. The number of nitrogens with zero attached hydrogens (tertiary/aromatic N) is 2. The summed E-state index contributed by atoms with van der Waals surface area (Å²) in [7, 11) is 0. The van der Waals surface area contributed by atoms with E-state index in [9.17, 15) is 0 Å². The van der Waals surface area contributed by atoms with Gasteiger partial charge in [0.2, 0.25) is 0 Å². The fourth-order valence-corrected chi connectivity index (χ4v) is 30.8. The van der Waals surface area contributed by atoms with E-state index in [0.29, 0.717) is 0 Å². The van der Waals surface area contributed by atoms with Crippen molar-refractivity contribution in [3.8, 4) is 77.9 Å². The van der Waals surface area contributed by atoms with Crippen LogP contribution in [0.1, 0.15) is 89.0 Å². The standard InChI is InChI=1S/C132H80N2S4/c1-2-29-84-76-85(59-58-81(84)28-1)82-60-64-86(65-61-82)133(88-70-74-109-103(77-88)98-32-5-9-41-107(98)129(109)111-43-11-18-51-121(111)135-122-52-19-12-44-112(122)129)91-69-73-101-97-31-4-8-40-106(97)132(120(101)80-91)117-49-17-24-57-127(117)138-128-102(38-27-50-118(128)132)95-37-26-35-93-92(34-25-36-94(93)95)83-62-66-87(67-63-83)134(89-71-75-110-104(78-89)99-33-6-10-42-108(99)130(110)113-45-13-20-53-123(113)136-124-54-21-14-46-114(124)130)90-68-72-100-96-30-3-7-39-105(96)131(119(100)79-90)115-47-15-22-55-125(115)137-126-56-23-16-48-116(126)131/h1-80H. The summed E-state index contributed by atoms with van der Waals surface area (Å²) < 4.78 is 0. The third-order valence-electron chi connectivity index (χ3n) is 31.3. The molecule has 0 N–H and O–H groups in total. The lowest BCUT2D eigenvalue weighted by atomic mass is 9.67. The van der Waals surface area contributed by atoms with Crippen molar-refractivity contribution in [3.05, 3.63) is 574 Å². The molecular formula is C132H80N2S4. The highest BCUT2D eigenvalue weighted by molar-refractivity contribution is 8.00. The first-order chi connectivity index (χ1) is 68.4. The summed E-state index contributed by atoms with van der Waals surface area (Å²) in [5, 5.41) is 4.86. The van der Waals surface area contributed by atoms with Crippen molar-refractivity contribution in [2.24, 2.45) is 0 Å². The van der Waals surface area contributed by atoms with Crippen molar-refractivity contribution in [1.29, 1.82) is 0 Å². The van der Waals surface area contributed by atoms with Gasteiger partial charge in [0.05, 0.1) is 21.7 Å². The summed E-state index contributed by atoms with van der Waals surface area (Å²) in [5.41, 5.74) is 42.2. The molecule has 22 aromatic rings. The molecule has 8 aliphatic rings. The SMILES string of the molecule is c1ccc2c(c1)Sc1ccccc1C21c2ccccc2-c2cc(N(c3ccc(-c4cccc5c(-c6cccc7c6Sc6ccccc6C76c7ccccc7-c7ccc(N(c8ccc(-c9ccc%10ccccc%10c9)cc8)c8ccc9c(c8)-c8ccccc8C98c9ccccc9Sc9ccccc98)cc76)cccc45)cc3)c3ccc4c(c3)C3(c5ccccc5Sc5ccccc53)c3ccccc3-4)ccc21. The molecule has 4 heterocycles. The largest absolute Gasteiger partial charge is 0.310 e. The summed E-state index contributed by atoms with van der Waals surface area (Å²) >= 11 is 7.60. The van der Waals surface area contributed by atoms with E-state index < -0.39 is 21.7 Å². The van der Waals surface area contributed by atoms with Gasteiger partial charge in [-0.3, -0.25) is 0 Å². The molecule has 0 fully saturated rings. The van der Waals surface area contributed by atoms with E-state index in [1.807, 2.05) is 47.0 Å². The minimum atomic E-state index is -0.729. The van der Waals surface area contributed by atoms with Gasteiger partial charge >= 0.3 is 0 Å². The zero-order valence-corrected chi connectivity index (χ0v) is 78.0. The van der Waals surface area contributed by atoms with Crippen molar-refractivity contribution < 1.29 is 0 Å². The summed E-state index contributed by atoms with van der Waals surface area (Å²) in [6.07, 6.45) is 0. The average molecular weight is 1820 g/mol. The lowest BCUT2D eigenvalue weighted by Gasteiger charge is -2.41. The minimum Gasteiger partial charge on any atom is -0.310 e. The molecule has 0 saturated heterocycles. The fraction of sp³-hybridized carbons (Fsp3) is 0.0303. The van der Waals surface area contributed by atoms with Crippen LogP contribution in [0, 0.1) is 0 Å². The van der Waals surface area contributed by atoms with E-state index >= 15 is 0 Å². The van der Waals surface area contributed by atoms with Gasteiger partial charge in [-0.25, -0.2) is 0 Å². The van der Waals surface area contributed by atoms with E-state index in [1.165, 1.54) is 222 Å². The molecule has 0 aromatic heterocycles. The topological polar surface area (TPSA) is 6.48 Å². The van der Waals surface area contributed by atoms with Crippen molar-refractivity contribution in [2.45, 2.75) is 60.8 Å². The molecule has 4 aliphatic carbocycles. The van der Waals surface area contributed by atoms with Crippen LogP contribution in [0.25, 0.3) is 99.4 Å². The smallest absolute Gasteiger partial charge is 0.0736 e. The molecule has 138 heavy (non-hydrogen) atoms. The first kappa shape index (κ1) is 78.7. The monoisotopic (exact) mass is 1820 g/mol. The Hall–Kier alpha value is -15.6. The van der Waals surface area contributed by atoms with Crippen molar-refractivity contribution in [1.82, 2.24) is 0 Å². The van der Waals surface area contributed by atoms with Crippen LogP contribution in [0.15, 0.2) is 524 Å². The van der Waals surface area contributed by atoms with Gasteiger partial charge in [0.15, 0.2) is 0 Å². The Bertz CT molecular complexity index is 8900. The van der Waals surface area contributed by atoms with Crippen molar-refractivity contribution >= 4 is 103 Å². The number of hydrogen-bond acceptors (Lipinski definition) is 6. The van der Waals surface area contributed by atoms with E-state index in [0.717, 1.165) is 39.7 Å². The van der Waals surface area contributed by atoms with E-state index in [1.54, 1.807) is 0 Å². The third kappa shape index (κ3) is 10.8. The van der Waals surface area contributed by atoms with Gasteiger partial charge in [-0.2, -0.15) is 0 Å². The third-order valence-corrected chi connectivity index (χ3v) is 36.0. The van der Waals surface area contributed by atoms with E-state index in [4.69, 9.17) is 0 Å². The Balaban J connectivity index is 0.572. The molecule has 0 amide bonds. The Morgan fingerprint density at radius 1 is 0.138 bits per heavy atom. The van der Waals surface area contributed by atoms with Crippen LogP contribution < -0.4 is 9.80 Å². The second-order valence-electron chi connectivity index (χ2n) is 37.7. The Labute approximate surface area is 818 Å². The van der Waals surface area contributed by atoms with E-state index in [2.05, 4.69) is 495 Å². The van der Waals surface area contributed by atoms with Gasteiger partial charge in [-0.1, -0.05) is 411 Å². The van der Waals surface area contributed by atoms with Crippen LogP contribution in [-0.2, 0) is 21.7 Å². The molecule has 4 aliphatic heterocycles. The number of hydrogen-bond donors (Lipinski definition) is 0. The van der Waals surface area contributed by atoms with Gasteiger partial charge < -0.3 is 9.80 Å². The molecule has 4 spiro atoms. The lowest BCUT2D eigenvalue weighted by Crippen LogP contribution is -2.32. The molecule has 0 radical (unpaired) electrons. The number of benzene rings is 22. The van der Waals surface area contributed by atoms with Gasteiger partial charge in [-0.05, 0) is 310 Å². The van der Waals surface area contributed by atoms with Crippen LogP contribution >= 0.6 is 47.0 Å². The lowest BCUT2D eigenvalue weighted by molar-refractivity contribution is 0.722. The van der Waals surface area contributed by atoms with Crippen molar-refractivity contribution in [2.75, 3.05) is 9.80 Å². The number of fused-ring (bicyclic) bond motifs is 38. The van der Waals surface area contributed by atoms with E-state index in [-0.39, 0.29) is 0 Å². The summed E-state index contributed by atoms with van der Waals surface area (Å²) in [5.74, 6) is 0. The van der Waals surface area contributed by atoms with Crippen LogP contribution in [0.2, 0.25) is 0 Å². The molecule has 1 unspecified atom stereocenters. The zero-order valence-electron chi connectivity index (χ0n) is 74.7. The maximum atomic E-state index is 2.57. The fourth-order valence-electron chi connectivity index (χ4n) is 25.9. The maximum absolute atomic E-state index is 2.57. The Morgan fingerprint density at radius 2 is 0.413 bits per heavy atom.